The molecular weight excluding hydrogens is 298 g/mol. The fraction of sp³-hybridized carbons (Fsp3) is 0.611. The van der Waals surface area contributed by atoms with E-state index in [0.29, 0.717) is 24.5 Å². The Labute approximate surface area is 137 Å². The largest absolute Gasteiger partial charge is 0.387 e. The summed E-state index contributed by atoms with van der Waals surface area (Å²) in [5.41, 5.74) is -0.348. The van der Waals surface area contributed by atoms with Gasteiger partial charge in [-0.25, -0.2) is 0 Å². The zero-order valence-corrected chi connectivity index (χ0v) is 14.3. The van der Waals surface area contributed by atoms with Crippen molar-refractivity contribution >= 4 is 17.5 Å². The maximum Gasteiger partial charge on any atom is 0.233 e. The van der Waals surface area contributed by atoms with Crippen LogP contribution in [0.4, 0.5) is 0 Å². The number of hydrogen-bond acceptors (Lipinski definition) is 2. The van der Waals surface area contributed by atoms with Gasteiger partial charge in [0, 0.05) is 18.1 Å². The monoisotopic (exact) mass is 321 g/mol. The smallest absolute Gasteiger partial charge is 0.233 e. The topological polar surface area (TPSA) is 40.5 Å². The molecule has 0 spiro atoms. The number of amides is 1. The molecule has 0 bridgehead atoms. The lowest BCUT2D eigenvalue weighted by atomic mass is 9.76. The Bertz CT molecular complexity index is 586. The molecule has 4 heteroatoms. The second-order valence-corrected chi connectivity index (χ2v) is 8.28. The predicted octanol–water partition coefficient (Wildman–Crippen LogP) is 3.38. The summed E-state index contributed by atoms with van der Waals surface area (Å²) in [6, 6.07) is 7.61. The summed E-state index contributed by atoms with van der Waals surface area (Å²) in [7, 11) is 0. The van der Waals surface area contributed by atoms with Gasteiger partial charge in [0.1, 0.15) is 0 Å². The molecule has 1 aliphatic carbocycles. The SMILES string of the molecule is CC(C)(C)C1(O)CCN(C(=O)C2(c3ccc(Cl)cc3)CC2)C1. The van der Waals surface area contributed by atoms with E-state index in [0.717, 1.165) is 18.4 Å². The average Bonchev–Trinajstić information content (AvgIpc) is 3.15. The van der Waals surface area contributed by atoms with E-state index in [1.54, 1.807) is 0 Å². The van der Waals surface area contributed by atoms with Crippen LogP contribution in [-0.4, -0.2) is 34.6 Å². The fourth-order valence-electron chi connectivity index (χ4n) is 3.40. The number of carbonyl (C=O) groups excluding carboxylic acids is 1. The van der Waals surface area contributed by atoms with Crippen molar-refractivity contribution in [2.24, 2.45) is 5.41 Å². The molecule has 1 aromatic rings. The number of nitrogens with zero attached hydrogens (tertiary/aromatic N) is 1. The number of β-amino-alcohol motifs (C(OH)–C–C–N with tert-alkyl or cyclic N) is 1. The van der Waals surface area contributed by atoms with E-state index in [1.165, 1.54) is 0 Å². The van der Waals surface area contributed by atoms with Crippen molar-refractivity contribution < 1.29 is 9.90 Å². The number of aliphatic hydroxyl groups is 1. The van der Waals surface area contributed by atoms with E-state index in [4.69, 9.17) is 11.6 Å². The standard InChI is InChI=1S/C18H24ClNO2/c1-16(2,3)18(22)10-11-20(12-18)15(21)17(8-9-17)13-4-6-14(19)7-5-13/h4-7,22H,8-12H2,1-3H3. The quantitative estimate of drug-likeness (QED) is 0.907. The first kappa shape index (κ1) is 15.8. The van der Waals surface area contributed by atoms with Crippen molar-refractivity contribution in [1.82, 2.24) is 4.90 Å². The molecular formula is C18H24ClNO2. The van der Waals surface area contributed by atoms with Gasteiger partial charge >= 0.3 is 0 Å². The number of hydrogen-bond donors (Lipinski definition) is 1. The molecule has 1 aliphatic heterocycles. The summed E-state index contributed by atoms with van der Waals surface area (Å²) in [5.74, 6) is 0.162. The first-order valence-electron chi connectivity index (χ1n) is 7.96. The zero-order chi connectivity index (χ0) is 16.2. The number of rotatable bonds is 2. The zero-order valence-electron chi connectivity index (χ0n) is 13.5. The highest BCUT2D eigenvalue weighted by atomic mass is 35.5. The summed E-state index contributed by atoms with van der Waals surface area (Å²) < 4.78 is 0. The van der Waals surface area contributed by atoms with Crippen LogP contribution in [-0.2, 0) is 10.2 Å². The Morgan fingerprint density at radius 2 is 1.77 bits per heavy atom. The predicted molar refractivity (Wildman–Crippen MR) is 88.0 cm³/mol. The van der Waals surface area contributed by atoms with Crippen molar-refractivity contribution in [3.05, 3.63) is 34.9 Å². The van der Waals surface area contributed by atoms with E-state index in [1.807, 2.05) is 49.9 Å². The Kier molecular flexibility index (Phi) is 3.57. The van der Waals surface area contributed by atoms with E-state index in [2.05, 4.69) is 0 Å². The highest BCUT2D eigenvalue weighted by Crippen LogP contribution is 2.51. The third kappa shape index (κ3) is 2.44. The highest BCUT2D eigenvalue weighted by Gasteiger charge is 2.56. The van der Waals surface area contributed by atoms with Crippen LogP contribution in [0.3, 0.4) is 0 Å². The van der Waals surface area contributed by atoms with Gasteiger partial charge in [0.2, 0.25) is 5.91 Å². The molecule has 1 saturated heterocycles. The average molecular weight is 322 g/mol. The molecule has 1 aromatic carbocycles. The van der Waals surface area contributed by atoms with Crippen LogP contribution < -0.4 is 0 Å². The molecule has 2 aliphatic rings. The second kappa shape index (κ2) is 4.97. The molecule has 22 heavy (non-hydrogen) atoms. The maximum absolute atomic E-state index is 13.0. The molecule has 3 nitrogen and oxygen atoms in total. The van der Waals surface area contributed by atoms with Gasteiger partial charge in [0.15, 0.2) is 0 Å². The van der Waals surface area contributed by atoms with Gasteiger partial charge in [0.25, 0.3) is 0 Å². The van der Waals surface area contributed by atoms with Gasteiger partial charge in [-0.1, -0.05) is 44.5 Å². The Morgan fingerprint density at radius 1 is 1.18 bits per heavy atom. The molecule has 2 fully saturated rings. The minimum absolute atomic E-state index is 0.162. The van der Waals surface area contributed by atoms with Gasteiger partial charge in [0.05, 0.1) is 11.0 Å². The lowest BCUT2D eigenvalue weighted by Crippen LogP contribution is -2.47. The van der Waals surface area contributed by atoms with Crippen LogP contribution in [0.15, 0.2) is 24.3 Å². The van der Waals surface area contributed by atoms with Crippen molar-refractivity contribution in [1.29, 1.82) is 0 Å². The summed E-state index contributed by atoms with van der Waals surface area (Å²) in [6.45, 7) is 7.18. The van der Waals surface area contributed by atoms with Crippen LogP contribution >= 0.6 is 11.6 Å². The Hall–Kier alpha value is -1.06. The number of halogens is 1. The second-order valence-electron chi connectivity index (χ2n) is 7.85. The molecule has 1 saturated carbocycles. The van der Waals surface area contributed by atoms with Crippen LogP contribution in [0.1, 0.15) is 45.6 Å². The number of benzene rings is 1. The van der Waals surface area contributed by atoms with Crippen LogP contribution in [0.25, 0.3) is 0 Å². The summed E-state index contributed by atoms with van der Waals surface area (Å²) in [4.78, 5) is 14.9. The van der Waals surface area contributed by atoms with Gasteiger partial charge in [-0.05, 0) is 42.4 Å². The first-order valence-corrected chi connectivity index (χ1v) is 8.34. The molecule has 0 radical (unpaired) electrons. The fourth-order valence-corrected chi connectivity index (χ4v) is 3.53. The van der Waals surface area contributed by atoms with Crippen LogP contribution in [0.5, 0.6) is 0 Å². The van der Waals surface area contributed by atoms with Crippen LogP contribution in [0, 0.1) is 5.41 Å². The summed E-state index contributed by atoms with van der Waals surface area (Å²) >= 11 is 5.95. The van der Waals surface area contributed by atoms with E-state index in [-0.39, 0.29) is 16.7 Å². The lowest BCUT2D eigenvalue weighted by Gasteiger charge is -2.37. The Morgan fingerprint density at radius 3 is 2.23 bits per heavy atom. The third-order valence-electron chi connectivity index (χ3n) is 5.49. The normalized spacial score (nSPS) is 27.0. The Balaban J connectivity index is 1.79. The third-order valence-corrected chi connectivity index (χ3v) is 5.74. The maximum atomic E-state index is 13.0. The highest BCUT2D eigenvalue weighted by molar-refractivity contribution is 6.30. The lowest BCUT2D eigenvalue weighted by molar-refractivity contribution is -0.135. The molecule has 1 N–H and O–H groups in total. The van der Waals surface area contributed by atoms with Crippen molar-refractivity contribution in [2.45, 2.75) is 51.0 Å². The summed E-state index contributed by atoms with van der Waals surface area (Å²) in [6.07, 6.45) is 2.43. The molecule has 120 valence electrons. The number of likely N-dealkylation sites (tertiary alicyclic amines) is 1. The van der Waals surface area contributed by atoms with Gasteiger partial charge in [-0.2, -0.15) is 0 Å². The molecule has 1 atom stereocenters. The molecule has 0 aromatic heterocycles. The molecule has 1 heterocycles. The van der Waals surface area contributed by atoms with Gasteiger partial charge in [-0.15, -0.1) is 0 Å². The van der Waals surface area contributed by atoms with Crippen LogP contribution in [0.2, 0.25) is 5.02 Å². The van der Waals surface area contributed by atoms with Crippen molar-refractivity contribution in [2.75, 3.05) is 13.1 Å². The van der Waals surface area contributed by atoms with Crippen molar-refractivity contribution in [3.63, 3.8) is 0 Å². The minimum Gasteiger partial charge on any atom is -0.387 e. The van der Waals surface area contributed by atoms with E-state index in [9.17, 15) is 9.90 Å². The minimum atomic E-state index is -0.793. The van der Waals surface area contributed by atoms with Gasteiger partial charge < -0.3 is 10.0 Å². The van der Waals surface area contributed by atoms with E-state index < -0.39 is 5.60 Å². The molecule has 1 unspecified atom stereocenters. The first-order chi connectivity index (χ1) is 10.2. The molecule has 3 rings (SSSR count). The van der Waals surface area contributed by atoms with Gasteiger partial charge in [-0.3, -0.25) is 4.79 Å². The number of carbonyl (C=O) groups is 1. The molecule has 1 amide bonds. The van der Waals surface area contributed by atoms with Crippen molar-refractivity contribution in [3.8, 4) is 0 Å². The van der Waals surface area contributed by atoms with E-state index >= 15 is 0 Å². The summed E-state index contributed by atoms with van der Waals surface area (Å²) in [5, 5.41) is 11.5.